The fourth-order valence-corrected chi connectivity index (χ4v) is 2.26. The van der Waals surface area contributed by atoms with E-state index in [1.165, 1.54) is 0 Å². The van der Waals surface area contributed by atoms with Gasteiger partial charge in [-0.15, -0.1) is 0 Å². The molecule has 0 bridgehead atoms. The highest BCUT2D eigenvalue weighted by Crippen LogP contribution is 2.15. The van der Waals surface area contributed by atoms with Crippen LogP contribution in [0.5, 0.6) is 5.75 Å². The van der Waals surface area contributed by atoms with Gasteiger partial charge in [0.15, 0.2) is 0 Å². The first kappa shape index (κ1) is 18.5. The van der Waals surface area contributed by atoms with Gasteiger partial charge in [0.1, 0.15) is 5.75 Å². The Morgan fingerprint density at radius 3 is 2.52 bits per heavy atom. The van der Waals surface area contributed by atoms with Crippen LogP contribution in [0.15, 0.2) is 48.5 Å². The second kappa shape index (κ2) is 9.47. The van der Waals surface area contributed by atoms with E-state index in [0.29, 0.717) is 17.9 Å². The number of carbonyl (C=O) groups is 2. The molecule has 2 aromatic carbocycles. The lowest BCUT2D eigenvalue weighted by atomic mass is 10.1. The fraction of sp³-hybridized carbons (Fsp3) is 0.300. The van der Waals surface area contributed by atoms with Crippen LogP contribution in [0.2, 0.25) is 0 Å². The van der Waals surface area contributed by atoms with E-state index in [-0.39, 0.29) is 18.3 Å². The summed E-state index contributed by atoms with van der Waals surface area (Å²) in [4.78, 5) is 24.0. The maximum Gasteiger partial charge on any atom is 0.338 e. The number of hydrogen-bond donors (Lipinski definition) is 1. The van der Waals surface area contributed by atoms with Gasteiger partial charge in [-0.05, 0) is 48.4 Å². The summed E-state index contributed by atoms with van der Waals surface area (Å²) in [5.41, 5.74) is 1.98. The molecule has 0 unspecified atom stereocenters. The molecule has 0 aliphatic carbocycles. The van der Waals surface area contributed by atoms with Gasteiger partial charge in [0.05, 0.1) is 25.7 Å². The van der Waals surface area contributed by atoms with Gasteiger partial charge in [0.2, 0.25) is 5.91 Å². The van der Waals surface area contributed by atoms with E-state index in [4.69, 9.17) is 9.47 Å². The monoisotopic (exact) mass is 341 g/mol. The molecule has 0 saturated carbocycles. The molecular weight excluding hydrogens is 318 g/mol. The molecule has 0 radical (unpaired) electrons. The standard InChI is InChI=1S/C20H23NO4/c1-3-4-12-25-20(23)16-8-10-17(11-9-16)21-19(22)14-15-6-5-7-18(13-15)24-2/h5-11,13H,3-4,12,14H2,1-2H3,(H,21,22). The van der Waals surface area contributed by atoms with Crippen LogP contribution in [-0.2, 0) is 16.0 Å². The third kappa shape index (κ3) is 5.95. The lowest BCUT2D eigenvalue weighted by Gasteiger charge is -2.08. The Morgan fingerprint density at radius 1 is 1.08 bits per heavy atom. The van der Waals surface area contributed by atoms with E-state index >= 15 is 0 Å². The van der Waals surface area contributed by atoms with Crippen LogP contribution >= 0.6 is 0 Å². The Balaban J connectivity index is 1.89. The minimum absolute atomic E-state index is 0.133. The summed E-state index contributed by atoms with van der Waals surface area (Å²) in [6, 6.07) is 14.1. The molecule has 5 nitrogen and oxygen atoms in total. The van der Waals surface area contributed by atoms with E-state index in [1.54, 1.807) is 31.4 Å². The van der Waals surface area contributed by atoms with Gasteiger partial charge in [0, 0.05) is 5.69 Å². The smallest absolute Gasteiger partial charge is 0.338 e. The van der Waals surface area contributed by atoms with Crippen molar-refractivity contribution in [2.24, 2.45) is 0 Å². The number of esters is 1. The van der Waals surface area contributed by atoms with Crippen LogP contribution in [0, 0.1) is 0 Å². The zero-order chi connectivity index (χ0) is 18.1. The Kier molecular flexibility index (Phi) is 7.01. The van der Waals surface area contributed by atoms with E-state index in [0.717, 1.165) is 24.2 Å². The largest absolute Gasteiger partial charge is 0.497 e. The number of ether oxygens (including phenoxy) is 2. The molecule has 2 rings (SSSR count). The van der Waals surface area contributed by atoms with Gasteiger partial charge in [0.25, 0.3) is 0 Å². The quantitative estimate of drug-likeness (QED) is 0.585. The van der Waals surface area contributed by atoms with Crippen LogP contribution in [-0.4, -0.2) is 25.6 Å². The zero-order valence-electron chi connectivity index (χ0n) is 14.6. The molecule has 0 fully saturated rings. The Labute approximate surface area is 148 Å². The van der Waals surface area contributed by atoms with Crippen molar-refractivity contribution in [1.82, 2.24) is 0 Å². The third-order valence-corrected chi connectivity index (χ3v) is 3.63. The molecule has 1 amide bonds. The van der Waals surface area contributed by atoms with Gasteiger partial charge < -0.3 is 14.8 Å². The summed E-state index contributed by atoms with van der Waals surface area (Å²) < 4.78 is 10.3. The van der Waals surface area contributed by atoms with Crippen LogP contribution in [0.4, 0.5) is 5.69 Å². The number of unbranched alkanes of at least 4 members (excludes halogenated alkanes) is 1. The van der Waals surface area contributed by atoms with E-state index in [1.807, 2.05) is 31.2 Å². The van der Waals surface area contributed by atoms with Crippen LogP contribution < -0.4 is 10.1 Å². The van der Waals surface area contributed by atoms with Crippen molar-refractivity contribution in [1.29, 1.82) is 0 Å². The number of benzene rings is 2. The molecule has 0 spiro atoms. The molecule has 0 heterocycles. The maximum atomic E-state index is 12.1. The van der Waals surface area contributed by atoms with E-state index < -0.39 is 0 Å². The summed E-state index contributed by atoms with van der Waals surface area (Å²) in [6.45, 7) is 2.46. The van der Waals surface area contributed by atoms with Gasteiger partial charge in [-0.3, -0.25) is 4.79 Å². The molecule has 132 valence electrons. The number of amides is 1. The predicted molar refractivity (Wildman–Crippen MR) is 97.0 cm³/mol. The highest BCUT2D eigenvalue weighted by Gasteiger charge is 2.08. The van der Waals surface area contributed by atoms with Gasteiger partial charge in [-0.1, -0.05) is 25.5 Å². The van der Waals surface area contributed by atoms with E-state index in [2.05, 4.69) is 5.32 Å². The number of hydrogen-bond acceptors (Lipinski definition) is 4. The van der Waals surface area contributed by atoms with Gasteiger partial charge in [-0.25, -0.2) is 4.79 Å². The SMILES string of the molecule is CCCCOC(=O)c1ccc(NC(=O)Cc2cccc(OC)c2)cc1. The summed E-state index contributed by atoms with van der Waals surface area (Å²) in [6.07, 6.45) is 2.08. The van der Waals surface area contributed by atoms with Crippen LogP contribution in [0.25, 0.3) is 0 Å². The Morgan fingerprint density at radius 2 is 1.84 bits per heavy atom. The molecule has 0 aliphatic heterocycles. The maximum absolute atomic E-state index is 12.1. The van der Waals surface area contributed by atoms with Crippen molar-refractivity contribution >= 4 is 17.6 Å². The molecule has 0 saturated heterocycles. The molecule has 5 heteroatoms. The lowest BCUT2D eigenvalue weighted by Crippen LogP contribution is -2.14. The van der Waals surface area contributed by atoms with Gasteiger partial charge in [-0.2, -0.15) is 0 Å². The summed E-state index contributed by atoms with van der Waals surface area (Å²) in [5.74, 6) is 0.241. The topological polar surface area (TPSA) is 64.6 Å². The third-order valence-electron chi connectivity index (χ3n) is 3.63. The molecule has 1 N–H and O–H groups in total. The van der Waals surface area contributed by atoms with Crippen molar-refractivity contribution in [3.63, 3.8) is 0 Å². The van der Waals surface area contributed by atoms with Crippen LogP contribution in [0.1, 0.15) is 35.7 Å². The number of anilines is 1. The molecule has 25 heavy (non-hydrogen) atoms. The second-order valence-electron chi connectivity index (χ2n) is 5.64. The molecular formula is C20H23NO4. The highest BCUT2D eigenvalue weighted by molar-refractivity contribution is 5.94. The first-order valence-electron chi connectivity index (χ1n) is 8.32. The van der Waals surface area contributed by atoms with Crippen molar-refractivity contribution in [3.8, 4) is 5.75 Å². The minimum Gasteiger partial charge on any atom is -0.497 e. The zero-order valence-corrected chi connectivity index (χ0v) is 14.6. The summed E-state index contributed by atoms with van der Waals surface area (Å²) in [7, 11) is 1.59. The summed E-state index contributed by atoms with van der Waals surface area (Å²) >= 11 is 0. The predicted octanol–water partition coefficient (Wildman–Crippen LogP) is 3.83. The second-order valence-corrected chi connectivity index (χ2v) is 5.64. The van der Waals surface area contributed by atoms with Crippen molar-refractivity contribution in [2.75, 3.05) is 19.0 Å². The summed E-state index contributed by atoms with van der Waals surface area (Å²) in [5, 5.41) is 2.81. The molecule has 2 aromatic rings. The molecule has 0 atom stereocenters. The van der Waals surface area contributed by atoms with Crippen molar-refractivity contribution in [3.05, 3.63) is 59.7 Å². The Hall–Kier alpha value is -2.82. The minimum atomic E-state index is -0.345. The average Bonchev–Trinajstić information content (AvgIpc) is 2.62. The number of methoxy groups -OCH3 is 1. The average molecular weight is 341 g/mol. The van der Waals surface area contributed by atoms with Gasteiger partial charge >= 0.3 is 5.97 Å². The molecule has 0 aliphatic rings. The first-order valence-corrected chi connectivity index (χ1v) is 8.32. The fourth-order valence-electron chi connectivity index (χ4n) is 2.26. The van der Waals surface area contributed by atoms with Crippen molar-refractivity contribution in [2.45, 2.75) is 26.2 Å². The normalized spacial score (nSPS) is 10.2. The molecule has 0 aromatic heterocycles. The number of carbonyl (C=O) groups excluding carboxylic acids is 2. The first-order chi connectivity index (χ1) is 12.1. The van der Waals surface area contributed by atoms with E-state index in [9.17, 15) is 9.59 Å². The van der Waals surface area contributed by atoms with Crippen LogP contribution in [0.3, 0.4) is 0 Å². The number of nitrogens with one attached hydrogen (secondary N) is 1. The van der Waals surface area contributed by atoms with Crippen molar-refractivity contribution < 1.29 is 19.1 Å². The Bertz CT molecular complexity index is 710. The lowest BCUT2D eigenvalue weighted by molar-refractivity contribution is -0.115. The number of rotatable bonds is 8. The highest BCUT2D eigenvalue weighted by atomic mass is 16.5.